The molecule has 0 fully saturated rings. The summed E-state index contributed by atoms with van der Waals surface area (Å²) in [5, 5.41) is 3.42. The van der Waals surface area contributed by atoms with Crippen LogP contribution < -0.4 is 10.1 Å². The lowest BCUT2D eigenvalue weighted by molar-refractivity contribution is 0.215. The van der Waals surface area contributed by atoms with Gasteiger partial charge in [0.2, 0.25) is 0 Å². The molecule has 2 heteroatoms. The summed E-state index contributed by atoms with van der Waals surface area (Å²) in [5.74, 6) is 1.59. The minimum absolute atomic E-state index is 0.173. The van der Waals surface area contributed by atoms with Crippen molar-refractivity contribution in [3.05, 3.63) is 54.6 Å². The topological polar surface area (TPSA) is 21.3 Å². The van der Waals surface area contributed by atoms with Crippen molar-refractivity contribution in [3.63, 3.8) is 0 Å². The number of ether oxygens (including phenoxy) is 1. The Kier molecular flexibility index (Phi) is 5.82. The molecule has 0 aliphatic rings. The minimum atomic E-state index is 0.173. The predicted molar refractivity (Wildman–Crippen MR) is 89.7 cm³/mol. The van der Waals surface area contributed by atoms with Gasteiger partial charge in [0.05, 0.1) is 0 Å². The Hall–Kier alpha value is -1.80. The van der Waals surface area contributed by atoms with Crippen molar-refractivity contribution in [1.82, 2.24) is 5.32 Å². The standard InChI is InChI=1S/C19H25NO/c1-15(2)13-20-14-16(3)21-19-11-9-18(10-12-19)17-7-5-4-6-8-17/h4-12,15-16,20H,13-14H2,1-3H3. The van der Waals surface area contributed by atoms with E-state index in [0.717, 1.165) is 18.8 Å². The summed E-state index contributed by atoms with van der Waals surface area (Å²) in [7, 11) is 0. The molecule has 0 saturated carbocycles. The molecule has 1 N–H and O–H groups in total. The SMILES string of the molecule is CC(C)CNCC(C)Oc1ccc(-c2ccccc2)cc1. The maximum absolute atomic E-state index is 5.92. The van der Waals surface area contributed by atoms with Crippen LogP contribution in [0, 0.1) is 5.92 Å². The first-order chi connectivity index (χ1) is 10.1. The summed E-state index contributed by atoms with van der Waals surface area (Å²) in [4.78, 5) is 0. The van der Waals surface area contributed by atoms with Gasteiger partial charge in [0, 0.05) is 6.54 Å². The first-order valence-electron chi connectivity index (χ1n) is 7.68. The summed E-state index contributed by atoms with van der Waals surface area (Å²) in [5.41, 5.74) is 2.45. The third-order valence-electron chi connectivity index (χ3n) is 3.28. The number of benzene rings is 2. The number of rotatable bonds is 7. The van der Waals surface area contributed by atoms with Crippen LogP contribution in [0.2, 0.25) is 0 Å². The zero-order valence-corrected chi connectivity index (χ0v) is 13.2. The number of hydrogen-bond acceptors (Lipinski definition) is 2. The van der Waals surface area contributed by atoms with Gasteiger partial charge in [0.1, 0.15) is 11.9 Å². The van der Waals surface area contributed by atoms with Crippen LogP contribution in [-0.4, -0.2) is 19.2 Å². The van der Waals surface area contributed by atoms with Gasteiger partial charge in [-0.1, -0.05) is 56.3 Å². The molecule has 0 aliphatic heterocycles. The average Bonchev–Trinajstić information content (AvgIpc) is 2.48. The second-order valence-electron chi connectivity index (χ2n) is 5.87. The van der Waals surface area contributed by atoms with E-state index < -0.39 is 0 Å². The molecule has 0 bridgehead atoms. The maximum Gasteiger partial charge on any atom is 0.119 e. The second-order valence-corrected chi connectivity index (χ2v) is 5.87. The van der Waals surface area contributed by atoms with Gasteiger partial charge in [-0.3, -0.25) is 0 Å². The molecular weight excluding hydrogens is 258 g/mol. The lowest BCUT2D eigenvalue weighted by Crippen LogP contribution is -2.31. The molecule has 1 unspecified atom stereocenters. The Balaban J connectivity index is 1.88. The number of nitrogens with one attached hydrogen (secondary N) is 1. The minimum Gasteiger partial charge on any atom is -0.489 e. The molecule has 21 heavy (non-hydrogen) atoms. The lowest BCUT2D eigenvalue weighted by Gasteiger charge is -2.16. The van der Waals surface area contributed by atoms with Crippen molar-refractivity contribution in [2.75, 3.05) is 13.1 Å². The number of hydrogen-bond donors (Lipinski definition) is 1. The summed E-state index contributed by atoms with van der Waals surface area (Å²) < 4.78 is 5.92. The molecule has 0 spiro atoms. The fourth-order valence-electron chi connectivity index (χ4n) is 2.21. The van der Waals surface area contributed by atoms with Crippen molar-refractivity contribution < 1.29 is 4.74 Å². The van der Waals surface area contributed by atoms with Crippen molar-refractivity contribution in [3.8, 4) is 16.9 Å². The van der Waals surface area contributed by atoms with Crippen molar-refractivity contribution in [2.24, 2.45) is 5.92 Å². The zero-order chi connectivity index (χ0) is 15.1. The Morgan fingerprint density at radius 2 is 1.43 bits per heavy atom. The highest BCUT2D eigenvalue weighted by molar-refractivity contribution is 5.63. The van der Waals surface area contributed by atoms with Crippen LogP contribution >= 0.6 is 0 Å². The molecule has 2 rings (SSSR count). The van der Waals surface area contributed by atoms with Crippen LogP contribution in [0.25, 0.3) is 11.1 Å². The molecule has 2 nitrogen and oxygen atoms in total. The fraction of sp³-hybridized carbons (Fsp3) is 0.368. The summed E-state index contributed by atoms with van der Waals surface area (Å²) >= 11 is 0. The van der Waals surface area contributed by atoms with E-state index >= 15 is 0 Å². The Bertz CT molecular complexity index is 519. The average molecular weight is 283 g/mol. The van der Waals surface area contributed by atoms with E-state index in [1.54, 1.807) is 0 Å². The highest BCUT2D eigenvalue weighted by Gasteiger charge is 2.04. The highest BCUT2D eigenvalue weighted by atomic mass is 16.5. The van der Waals surface area contributed by atoms with Crippen LogP contribution in [0.5, 0.6) is 5.75 Å². The van der Waals surface area contributed by atoms with E-state index in [4.69, 9.17) is 4.74 Å². The van der Waals surface area contributed by atoms with Gasteiger partial charge in [-0.05, 0) is 42.6 Å². The lowest BCUT2D eigenvalue weighted by atomic mass is 10.1. The van der Waals surface area contributed by atoms with Crippen LogP contribution in [0.4, 0.5) is 0 Å². The molecular formula is C19H25NO. The summed E-state index contributed by atoms with van der Waals surface area (Å²) in [6.07, 6.45) is 0.173. The van der Waals surface area contributed by atoms with E-state index in [0.29, 0.717) is 5.92 Å². The van der Waals surface area contributed by atoms with Gasteiger partial charge in [-0.25, -0.2) is 0 Å². The monoisotopic (exact) mass is 283 g/mol. The summed E-state index contributed by atoms with van der Waals surface area (Å²) in [6, 6.07) is 18.7. The molecule has 0 aromatic heterocycles. The van der Waals surface area contributed by atoms with Crippen molar-refractivity contribution in [2.45, 2.75) is 26.9 Å². The maximum atomic E-state index is 5.92. The molecule has 0 heterocycles. The van der Waals surface area contributed by atoms with E-state index in [-0.39, 0.29) is 6.10 Å². The zero-order valence-electron chi connectivity index (χ0n) is 13.2. The molecule has 1 atom stereocenters. The Labute approximate surface area is 128 Å². The van der Waals surface area contributed by atoms with Crippen LogP contribution in [0.1, 0.15) is 20.8 Å². The first-order valence-corrected chi connectivity index (χ1v) is 7.68. The van der Waals surface area contributed by atoms with Crippen LogP contribution in [0.15, 0.2) is 54.6 Å². The molecule has 0 radical (unpaired) electrons. The van der Waals surface area contributed by atoms with E-state index in [1.807, 2.05) is 18.2 Å². The van der Waals surface area contributed by atoms with Gasteiger partial charge >= 0.3 is 0 Å². The van der Waals surface area contributed by atoms with Gasteiger partial charge in [0.15, 0.2) is 0 Å². The van der Waals surface area contributed by atoms with Gasteiger partial charge in [-0.15, -0.1) is 0 Å². The normalized spacial score (nSPS) is 12.4. The molecule has 112 valence electrons. The third kappa shape index (κ3) is 5.24. The molecule has 2 aromatic rings. The van der Waals surface area contributed by atoms with E-state index in [1.165, 1.54) is 11.1 Å². The molecule has 0 amide bonds. The Morgan fingerprint density at radius 1 is 0.810 bits per heavy atom. The van der Waals surface area contributed by atoms with E-state index in [9.17, 15) is 0 Å². The molecule has 0 aliphatic carbocycles. The fourth-order valence-corrected chi connectivity index (χ4v) is 2.21. The first kappa shape index (κ1) is 15.6. The quantitative estimate of drug-likeness (QED) is 0.815. The third-order valence-corrected chi connectivity index (χ3v) is 3.28. The van der Waals surface area contributed by atoms with Gasteiger partial charge < -0.3 is 10.1 Å². The molecule has 0 saturated heterocycles. The van der Waals surface area contributed by atoms with Gasteiger partial charge in [-0.2, -0.15) is 0 Å². The van der Waals surface area contributed by atoms with Crippen LogP contribution in [0.3, 0.4) is 0 Å². The van der Waals surface area contributed by atoms with Crippen molar-refractivity contribution in [1.29, 1.82) is 0 Å². The predicted octanol–water partition coefficient (Wildman–Crippen LogP) is 4.37. The van der Waals surface area contributed by atoms with E-state index in [2.05, 4.69) is 62.5 Å². The highest BCUT2D eigenvalue weighted by Crippen LogP contribution is 2.22. The second kappa shape index (κ2) is 7.84. The van der Waals surface area contributed by atoms with Crippen LogP contribution in [-0.2, 0) is 0 Å². The largest absolute Gasteiger partial charge is 0.489 e. The smallest absolute Gasteiger partial charge is 0.119 e. The van der Waals surface area contributed by atoms with Crippen molar-refractivity contribution >= 4 is 0 Å². The van der Waals surface area contributed by atoms with Gasteiger partial charge in [0.25, 0.3) is 0 Å². The molecule has 2 aromatic carbocycles. The summed E-state index contributed by atoms with van der Waals surface area (Å²) in [6.45, 7) is 8.42. The Morgan fingerprint density at radius 3 is 2.05 bits per heavy atom.